The third-order valence-corrected chi connectivity index (χ3v) is 3.90. The van der Waals surface area contributed by atoms with Crippen LogP contribution in [0.2, 0.25) is 10.0 Å². The number of hydrogen-bond acceptors (Lipinski definition) is 2. The number of rotatable bonds is 3. The summed E-state index contributed by atoms with van der Waals surface area (Å²) in [6, 6.07) is 4.48. The highest BCUT2D eigenvalue weighted by molar-refractivity contribution is 6.35. The van der Waals surface area contributed by atoms with Crippen LogP contribution in [-0.4, -0.2) is 48.4 Å². The number of nitrogens with one attached hydrogen (secondary N) is 1. The van der Waals surface area contributed by atoms with Gasteiger partial charge in [-0.1, -0.05) is 29.3 Å². The summed E-state index contributed by atoms with van der Waals surface area (Å²) >= 11 is 11.9. The smallest absolute Gasteiger partial charge is 0.320 e. The summed E-state index contributed by atoms with van der Waals surface area (Å²) < 4.78 is 0. The van der Waals surface area contributed by atoms with E-state index >= 15 is 0 Å². The number of halogens is 2. The minimum absolute atomic E-state index is 0.158. The number of carbonyl (C=O) groups is 2. The maximum absolute atomic E-state index is 12.1. The fraction of sp³-hybridized carbons (Fsp3) is 0.385. The molecule has 1 aliphatic heterocycles. The Morgan fingerprint density at radius 3 is 2.65 bits per heavy atom. The Balaban J connectivity index is 1.97. The van der Waals surface area contributed by atoms with Crippen molar-refractivity contribution in [2.45, 2.75) is 12.6 Å². The Kier molecular flexibility index (Phi) is 4.40. The summed E-state index contributed by atoms with van der Waals surface area (Å²) in [6.07, 6.45) is 0. The van der Waals surface area contributed by atoms with E-state index in [4.69, 9.17) is 23.2 Å². The Morgan fingerprint density at radius 1 is 1.40 bits per heavy atom. The van der Waals surface area contributed by atoms with Gasteiger partial charge in [0.25, 0.3) is 0 Å². The highest BCUT2D eigenvalue weighted by Gasteiger charge is 2.36. The predicted molar refractivity (Wildman–Crippen MR) is 77.9 cm³/mol. The number of amides is 3. The van der Waals surface area contributed by atoms with Crippen LogP contribution >= 0.6 is 23.2 Å². The van der Waals surface area contributed by atoms with E-state index in [9.17, 15) is 9.59 Å². The molecule has 7 heteroatoms. The molecule has 1 saturated heterocycles. The summed E-state index contributed by atoms with van der Waals surface area (Å²) in [4.78, 5) is 26.7. The van der Waals surface area contributed by atoms with Crippen molar-refractivity contribution in [2.75, 3.05) is 20.6 Å². The van der Waals surface area contributed by atoms with Gasteiger partial charge < -0.3 is 15.1 Å². The lowest BCUT2D eigenvalue weighted by Gasteiger charge is -2.17. The molecule has 0 radical (unpaired) electrons. The van der Waals surface area contributed by atoms with Crippen LogP contribution in [0.4, 0.5) is 4.79 Å². The molecular weight excluding hydrogens is 301 g/mol. The molecule has 108 valence electrons. The van der Waals surface area contributed by atoms with Crippen molar-refractivity contribution in [3.05, 3.63) is 33.8 Å². The van der Waals surface area contributed by atoms with E-state index in [2.05, 4.69) is 5.32 Å². The first kappa shape index (κ1) is 14.9. The molecule has 3 amide bonds. The SMILES string of the molecule is CN1C[C@@H](C(=O)NCc2ccc(Cl)cc2Cl)N(C)C1=O. The van der Waals surface area contributed by atoms with Gasteiger partial charge in [0.2, 0.25) is 5.91 Å². The quantitative estimate of drug-likeness (QED) is 0.927. The van der Waals surface area contributed by atoms with Crippen molar-refractivity contribution in [3.8, 4) is 0 Å². The number of urea groups is 1. The van der Waals surface area contributed by atoms with E-state index in [0.717, 1.165) is 5.56 Å². The summed E-state index contributed by atoms with van der Waals surface area (Å²) in [5.74, 6) is -0.198. The van der Waals surface area contributed by atoms with Crippen molar-refractivity contribution in [1.82, 2.24) is 15.1 Å². The Hall–Kier alpha value is -1.46. The van der Waals surface area contributed by atoms with E-state index < -0.39 is 6.04 Å². The summed E-state index contributed by atoms with van der Waals surface area (Å²) in [6.45, 7) is 0.687. The van der Waals surface area contributed by atoms with Crippen LogP contribution in [-0.2, 0) is 11.3 Å². The zero-order chi connectivity index (χ0) is 14.9. The molecule has 5 nitrogen and oxygen atoms in total. The van der Waals surface area contributed by atoms with Crippen LogP contribution < -0.4 is 5.32 Å². The number of hydrogen-bond donors (Lipinski definition) is 1. The van der Waals surface area contributed by atoms with Crippen LogP contribution in [0.15, 0.2) is 18.2 Å². The zero-order valence-electron chi connectivity index (χ0n) is 11.2. The molecule has 1 aromatic carbocycles. The molecule has 0 unspecified atom stereocenters. The van der Waals surface area contributed by atoms with E-state index in [1.54, 1.807) is 32.3 Å². The minimum atomic E-state index is -0.474. The molecule has 1 atom stereocenters. The molecular formula is C13H15Cl2N3O2. The highest BCUT2D eigenvalue weighted by Crippen LogP contribution is 2.21. The van der Waals surface area contributed by atoms with Gasteiger partial charge in [-0.3, -0.25) is 4.79 Å². The van der Waals surface area contributed by atoms with Gasteiger partial charge in [-0.05, 0) is 17.7 Å². The number of carbonyl (C=O) groups excluding carboxylic acids is 2. The lowest BCUT2D eigenvalue weighted by molar-refractivity contribution is -0.124. The Labute approximate surface area is 127 Å². The van der Waals surface area contributed by atoms with Crippen molar-refractivity contribution < 1.29 is 9.59 Å². The van der Waals surface area contributed by atoms with Gasteiger partial charge in [-0.25, -0.2) is 4.79 Å². The second kappa shape index (κ2) is 5.89. The van der Waals surface area contributed by atoms with E-state index in [0.29, 0.717) is 23.1 Å². The molecule has 0 aromatic heterocycles. The standard InChI is InChI=1S/C13H15Cl2N3O2/c1-17-7-11(18(2)13(17)20)12(19)16-6-8-3-4-9(14)5-10(8)15/h3-5,11H,6-7H2,1-2H3,(H,16,19)/t11-/m0/s1. The average Bonchev–Trinajstić information content (AvgIpc) is 2.65. The normalized spacial score (nSPS) is 18.6. The van der Waals surface area contributed by atoms with Crippen LogP contribution in [0.1, 0.15) is 5.56 Å². The molecule has 0 spiro atoms. The van der Waals surface area contributed by atoms with Gasteiger partial charge in [-0.2, -0.15) is 0 Å². The van der Waals surface area contributed by atoms with Gasteiger partial charge in [0, 0.05) is 30.7 Å². The highest BCUT2D eigenvalue weighted by atomic mass is 35.5. The summed E-state index contributed by atoms with van der Waals surface area (Å²) in [7, 11) is 3.29. The monoisotopic (exact) mass is 315 g/mol. The van der Waals surface area contributed by atoms with Crippen molar-refractivity contribution in [3.63, 3.8) is 0 Å². The second-order valence-corrected chi connectivity index (χ2v) is 5.59. The van der Waals surface area contributed by atoms with Crippen LogP contribution in [0.25, 0.3) is 0 Å². The van der Waals surface area contributed by atoms with Crippen LogP contribution in [0.5, 0.6) is 0 Å². The molecule has 0 saturated carbocycles. The van der Waals surface area contributed by atoms with Crippen LogP contribution in [0, 0.1) is 0 Å². The number of nitrogens with zero attached hydrogens (tertiary/aromatic N) is 2. The fourth-order valence-electron chi connectivity index (χ4n) is 2.09. The minimum Gasteiger partial charge on any atom is -0.350 e. The largest absolute Gasteiger partial charge is 0.350 e. The lowest BCUT2D eigenvalue weighted by Crippen LogP contribution is -2.43. The molecule has 1 aliphatic rings. The number of likely N-dealkylation sites (N-methyl/N-ethyl adjacent to an activating group) is 2. The van der Waals surface area contributed by atoms with Crippen molar-refractivity contribution >= 4 is 35.1 Å². The predicted octanol–water partition coefficient (Wildman–Crippen LogP) is 1.98. The first-order chi connectivity index (χ1) is 9.40. The second-order valence-electron chi connectivity index (χ2n) is 4.74. The van der Waals surface area contributed by atoms with Crippen molar-refractivity contribution in [1.29, 1.82) is 0 Å². The lowest BCUT2D eigenvalue weighted by atomic mass is 10.2. The van der Waals surface area contributed by atoms with Crippen molar-refractivity contribution in [2.24, 2.45) is 0 Å². The maximum atomic E-state index is 12.1. The molecule has 2 rings (SSSR count). The fourth-order valence-corrected chi connectivity index (χ4v) is 2.56. The molecule has 20 heavy (non-hydrogen) atoms. The molecule has 1 aromatic rings. The molecule has 0 aliphatic carbocycles. The third-order valence-electron chi connectivity index (χ3n) is 3.31. The third kappa shape index (κ3) is 2.99. The Bertz CT molecular complexity index is 550. The first-order valence-corrected chi connectivity index (χ1v) is 6.85. The van der Waals surface area contributed by atoms with Gasteiger partial charge in [-0.15, -0.1) is 0 Å². The van der Waals surface area contributed by atoms with Gasteiger partial charge in [0.05, 0.1) is 6.54 Å². The first-order valence-electron chi connectivity index (χ1n) is 6.09. The maximum Gasteiger partial charge on any atom is 0.320 e. The van der Waals surface area contributed by atoms with Crippen LogP contribution in [0.3, 0.4) is 0 Å². The molecule has 1 heterocycles. The molecule has 0 bridgehead atoms. The van der Waals surface area contributed by atoms with E-state index in [-0.39, 0.29) is 11.9 Å². The van der Waals surface area contributed by atoms with E-state index in [1.807, 2.05) is 0 Å². The average molecular weight is 316 g/mol. The Morgan fingerprint density at radius 2 is 2.10 bits per heavy atom. The topological polar surface area (TPSA) is 52.7 Å². The van der Waals surface area contributed by atoms with Gasteiger partial charge >= 0.3 is 6.03 Å². The van der Waals surface area contributed by atoms with Gasteiger partial charge in [0.15, 0.2) is 0 Å². The summed E-state index contributed by atoms with van der Waals surface area (Å²) in [5, 5.41) is 3.84. The molecule has 1 N–H and O–H groups in total. The van der Waals surface area contributed by atoms with Gasteiger partial charge in [0.1, 0.15) is 6.04 Å². The summed E-state index contributed by atoms with van der Waals surface area (Å²) in [5.41, 5.74) is 0.782. The number of benzene rings is 1. The van der Waals surface area contributed by atoms with E-state index in [1.165, 1.54) is 9.80 Å². The molecule has 1 fully saturated rings. The zero-order valence-corrected chi connectivity index (χ0v) is 12.7.